The predicted octanol–water partition coefficient (Wildman–Crippen LogP) is 3.16. The normalized spacial score (nSPS) is 10.7. The SMILES string of the molecule is COCCCNCCc1ccc(Cl)cc1Cl. The maximum absolute atomic E-state index is 6.06. The third-order valence-electron chi connectivity index (χ3n) is 2.29. The molecule has 0 bridgehead atoms. The van der Waals surface area contributed by atoms with Crippen molar-refractivity contribution in [2.75, 3.05) is 26.8 Å². The number of hydrogen-bond donors (Lipinski definition) is 1. The van der Waals surface area contributed by atoms with Gasteiger partial charge in [0.15, 0.2) is 0 Å². The largest absolute Gasteiger partial charge is 0.385 e. The fraction of sp³-hybridized carbons (Fsp3) is 0.500. The van der Waals surface area contributed by atoms with E-state index >= 15 is 0 Å². The van der Waals surface area contributed by atoms with Crippen LogP contribution in [0.3, 0.4) is 0 Å². The molecule has 0 saturated carbocycles. The van der Waals surface area contributed by atoms with Gasteiger partial charge in [0, 0.05) is 23.8 Å². The highest BCUT2D eigenvalue weighted by atomic mass is 35.5. The highest BCUT2D eigenvalue weighted by Crippen LogP contribution is 2.20. The molecule has 0 unspecified atom stereocenters. The molecule has 0 aliphatic rings. The molecular weight excluding hydrogens is 245 g/mol. The Bertz CT molecular complexity index is 318. The molecule has 1 N–H and O–H groups in total. The lowest BCUT2D eigenvalue weighted by atomic mass is 10.1. The van der Waals surface area contributed by atoms with E-state index in [1.54, 1.807) is 13.2 Å². The summed E-state index contributed by atoms with van der Waals surface area (Å²) in [5.74, 6) is 0. The van der Waals surface area contributed by atoms with Gasteiger partial charge in [-0.25, -0.2) is 0 Å². The van der Waals surface area contributed by atoms with Crippen molar-refractivity contribution in [1.29, 1.82) is 0 Å². The number of ether oxygens (including phenoxy) is 1. The summed E-state index contributed by atoms with van der Waals surface area (Å²) in [5.41, 5.74) is 1.13. The van der Waals surface area contributed by atoms with Crippen molar-refractivity contribution >= 4 is 23.2 Å². The Kier molecular flexibility index (Phi) is 6.81. The topological polar surface area (TPSA) is 21.3 Å². The van der Waals surface area contributed by atoms with Crippen LogP contribution in [0.5, 0.6) is 0 Å². The van der Waals surface area contributed by atoms with Gasteiger partial charge in [-0.15, -0.1) is 0 Å². The number of rotatable bonds is 7. The van der Waals surface area contributed by atoms with E-state index in [0.29, 0.717) is 5.02 Å². The van der Waals surface area contributed by atoms with E-state index in [1.165, 1.54) is 0 Å². The second kappa shape index (κ2) is 7.91. The van der Waals surface area contributed by atoms with Crippen LogP contribution in [0.1, 0.15) is 12.0 Å². The molecule has 0 heterocycles. The molecule has 0 aromatic heterocycles. The third kappa shape index (κ3) is 5.17. The molecule has 16 heavy (non-hydrogen) atoms. The molecule has 0 spiro atoms. The maximum Gasteiger partial charge on any atom is 0.0474 e. The number of nitrogens with one attached hydrogen (secondary N) is 1. The summed E-state index contributed by atoms with van der Waals surface area (Å²) >= 11 is 11.9. The van der Waals surface area contributed by atoms with Crippen LogP contribution in [0.4, 0.5) is 0 Å². The van der Waals surface area contributed by atoms with Crippen molar-refractivity contribution in [1.82, 2.24) is 5.32 Å². The van der Waals surface area contributed by atoms with Crippen LogP contribution in [0.2, 0.25) is 10.0 Å². The Hall–Kier alpha value is -0.280. The van der Waals surface area contributed by atoms with Gasteiger partial charge in [-0.1, -0.05) is 29.3 Å². The summed E-state index contributed by atoms with van der Waals surface area (Å²) in [7, 11) is 1.72. The van der Waals surface area contributed by atoms with Gasteiger partial charge in [-0.05, 0) is 43.6 Å². The fourth-order valence-corrected chi connectivity index (χ4v) is 1.92. The first-order valence-corrected chi connectivity index (χ1v) is 6.13. The Morgan fingerprint density at radius 3 is 2.75 bits per heavy atom. The fourth-order valence-electron chi connectivity index (χ4n) is 1.41. The molecule has 0 saturated heterocycles. The van der Waals surface area contributed by atoms with Crippen molar-refractivity contribution in [3.8, 4) is 0 Å². The van der Waals surface area contributed by atoms with Crippen molar-refractivity contribution in [3.63, 3.8) is 0 Å². The lowest BCUT2D eigenvalue weighted by Gasteiger charge is -2.06. The second-order valence-corrected chi connectivity index (χ2v) is 4.43. The number of halogens is 2. The van der Waals surface area contributed by atoms with Crippen LogP contribution < -0.4 is 5.32 Å². The molecule has 0 radical (unpaired) electrons. The summed E-state index contributed by atoms with van der Waals surface area (Å²) in [6.45, 7) is 2.69. The Morgan fingerprint density at radius 2 is 2.06 bits per heavy atom. The van der Waals surface area contributed by atoms with Gasteiger partial charge in [-0.2, -0.15) is 0 Å². The average Bonchev–Trinajstić information content (AvgIpc) is 2.26. The predicted molar refractivity (Wildman–Crippen MR) is 69.5 cm³/mol. The monoisotopic (exact) mass is 261 g/mol. The maximum atomic E-state index is 6.06. The van der Waals surface area contributed by atoms with E-state index < -0.39 is 0 Å². The molecule has 2 nitrogen and oxygen atoms in total. The van der Waals surface area contributed by atoms with Gasteiger partial charge >= 0.3 is 0 Å². The van der Waals surface area contributed by atoms with E-state index in [-0.39, 0.29) is 0 Å². The van der Waals surface area contributed by atoms with Gasteiger partial charge in [0.1, 0.15) is 0 Å². The summed E-state index contributed by atoms with van der Waals surface area (Å²) in [5, 5.41) is 4.76. The van der Waals surface area contributed by atoms with Crippen LogP contribution in [0, 0.1) is 0 Å². The van der Waals surface area contributed by atoms with E-state index in [0.717, 1.165) is 43.1 Å². The summed E-state index contributed by atoms with van der Waals surface area (Å²) in [6, 6.07) is 5.62. The van der Waals surface area contributed by atoms with Crippen LogP contribution in [0.15, 0.2) is 18.2 Å². The van der Waals surface area contributed by atoms with Crippen molar-refractivity contribution in [3.05, 3.63) is 33.8 Å². The lowest BCUT2D eigenvalue weighted by molar-refractivity contribution is 0.194. The molecule has 4 heteroatoms. The third-order valence-corrected chi connectivity index (χ3v) is 2.88. The Morgan fingerprint density at radius 1 is 1.25 bits per heavy atom. The molecule has 1 aromatic carbocycles. The molecule has 0 aliphatic heterocycles. The minimum Gasteiger partial charge on any atom is -0.385 e. The van der Waals surface area contributed by atoms with Crippen LogP contribution in [0.25, 0.3) is 0 Å². The van der Waals surface area contributed by atoms with Crippen molar-refractivity contribution < 1.29 is 4.74 Å². The highest BCUT2D eigenvalue weighted by Gasteiger charge is 2.00. The average molecular weight is 262 g/mol. The van der Waals surface area contributed by atoms with Crippen LogP contribution in [-0.2, 0) is 11.2 Å². The zero-order valence-electron chi connectivity index (χ0n) is 9.43. The van der Waals surface area contributed by atoms with E-state index in [1.807, 2.05) is 12.1 Å². The first-order valence-electron chi connectivity index (χ1n) is 5.37. The van der Waals surface area contributed by atoms with Gasteiger partial charge in [0.2, 0.25) is 0 Å². The first-order chi connectivity index (χ1) is 7.74. The number of benzene rings is 1. The van der Waals surface area contributed by atoms with Gasteiger partial charge in [-0.3, -0.25) is 0 Å². The Labute approximate surface area is 107 Å². The quantitative estimate of drug-likeness (QED) is 0.762. The summed E-state index contributed by atoms with van der Waals surface area (Å²) in [6.07, 6.45) is 1.95. The molecule has 0 atom stereocenters. The molecule has 0 aliphatic carbocycles. The smallest absolute Gasteiger partial charge is 0.0474 e. The van der Waals surface area contributed by atoms with Crippen LogP contribution >= 0.6 is 23.2 Å². The lowest BCUT2D eigenvalue weighted by Crippen LogP contribution is -2.19. The number of hydrogen-bond acceptors (Lipinski definition) is 2. The molecule has 1 rings (SSSR count). The minimum absolute atomic E-state index is 0.682. The second-order valence-electron chi connectivity index (χ2n) is 3.58. The van der Waals surface area contributed by atoms with E-state index in [4.69, 9.17) is 27.9 Å². The molecule has 0 amide bonds. The van der Waals surface area contributed by atoms with Crippen LogP contribution in [-0.4, -0.2) is 26.8 Å². The van der Waals surface area contributed by atoms with Gasteiger partial charge in [0.25, 0.3) is 0 Å². The number of methoxy groups -OCH3 is 1. The highest BCUT2D eigenvalue weighted by molar-refractivity contribution is 6.35. The van der Waals surface area contributed by atoms with Crippen molar-refractivity contribution in [2.45, 2.75) is 12.8 Å². The molecule has 0 fully saturated rings. The van der Waals surface area contributed by atoms with E-state index in [9.17, 15) is 0 Å². The standard InChI is InChI=1S/C12H17Cl2NO/c1-16-8-2-6-15-7-5-10-3-4-11(13)9-12(10)14/h3-4,9,15H,2,5-8H2,1H3. The first kappa shape index (κ1) is 13.8. The molecular formula is C12H17Cl2NO. The zero-order valence-corrected chi connectivity index (χ0v) is 10.9. The summed E-state index contributed by atoms with van der Waals surface area (Å²) < 4.78 is 4.96. The van der Waals surface area contributed by atoms with E-state index in [2.05, 4.69) is 5.32 Å². The molecule has 90 valence electrons. The van der Waals surface area contributed by atoms with Gasteiger partial charge in [0.05, 0.1) is 0 Å². The zero-order chi connectivity index (χ0) is 11.8. The van der Waals surface area contributed by atoms with Gasteiger partial charge < -0.3 is 10.1 Å². The van der Waals surface area contributed by atoms with Crippen molar-refractivity contribution in [2.24, 2.45) is 0 Å². The minimum atomic E-state index is 0.682. The summed E-state index contributed by atoms with van der Waals surface area (Å²) in [4.78, 5) is 0. The Balaban J connectivity index is 2.21. The molecule has 1 aromatic rings.